The minimum absolute atomic E-state index is 0.303. The third kappa shape index (κ3) is 2.80. The molecule has 0 N–H and O–H groups in total. The summed E-state index contributed by atoms with van der Waals surface area (Å²) in [6.45, 7) is 2.08. The van der Waals surface area contributed by atoms with E-state index in [1.807, 2.05) is 0 Å². The summed E-state index contributed by atoms with van der Waals surface area (Å²) in [5.74, 6) is 0. The molecule has 1 aromatic rings. The Morgan fingerprint density at radius 1 is 1.33 bits per heavy atom. The summed E-state index contributed by atoms with van der Waals surface area (Å²) < 4.78 is 2.07. The lowest BCUT2D eigenvalue weighted by Gasteiger charge is -2.13. The number of nitrogens with zero attached hydrogens (tertiary/aromatic N) is 3. The molecule has 4 heteroatoms. The Morgan fingerprint density at radius 3 is 2.53 bits per heavy atom. The second kappa shape index (κ2) is 5.10. The highest BCUT2D eigenvalue weighted by Crippen LogP contribution is 2.27. The monoisotopic (exact) mass is 271 g/mol. The molecule has 0 bridgehead atoms. The highest BCUT2D eigenvalue weighted by atomic mass is 79.9. The summed E-state index contributed by atoms with van der Waals surface area (Å²) in [5, 5.41) is 8.43. The van der Waals surface area contributed by atoms with Crippen LogP contribution in [0.1, 0.15) is 62.0 Å². The van der Waals surface area contributed by atoms with Gasteiger partial charge in [0.05, 0.1) is 16.6 Å². The number of rotatable bonds is 2. The fourth-order valence-electron chi connectivity index (χ4n) is 2.17. The smallest absolute Gasteiger partial charge is 0.0960 e. The first-order valence-corrected chi connectivity index (χ1v) is 6.75. The maximum atomic E-state index is 4.24. The SMILES string of the molecule is CC(Br)c1cn(C2CCCCCC2)nn1. The Labute approximate surface area is 99.4 Å². The van der Waals surface area contributed by atoms with Gasteiger partial charge >= 0.3 is 0 Å². The lowest BCUT2D eigenvalue weighted by molar-refractivity contribution is 0.396. The molecule has 3 nitrogen and oxygen atoms in total. The van der Waals surface area contributed by atoms with Crippen molar-refractivity contribution in [2.75, 3.05) is 0 Å². The van der Waals surface area contributed by atoms with Crippen LogP contribution in [0.25, 0.3) is 0 Å². The molecule has 0 aliphatic heterocycles. The van der Waals surface area contributed by atoms with Crippen molar-refractivity contribution in [2.45, 2.75) is 56.3 Å². The number of halogens is 1. The minimum atomic E-state index is 0.303. The van der Waals surface area contributed by atoms with Crippen LogP contribution >= 0.6 is 15.9 Å². The van der Waals surface area contributed by atoms with Crippen molar-refractivity contribution in [3.63, 3.8) is 0 Å². The normalized spacial score (nSPS) is 21.2. The first-order chi connectivity index (χ1) is 7.27. The van der Waals surface area contributed by atoms with Crippen LogP contribution in [0.5, 0.6) is 0 Å². The predicted molar refractivity (Wildman–Crippen MR) is 64.1 cm³/mol. The van der Waals surface area contributed by atoms with Crippen molar-refractivity contribution in [1.29, 1.82) is 0 Å². The Balaban J connectivity index is 2.06. The molecular weight excluding hydrogens is 254 g/mol. The molecule has 1 aliphatic rings. The van der Waals surface area contributed by atoms with Gasteiger partial charge in [-0.15, -0.1) is 5.10 Å². The van der Waals surface area contributed by atoms with E-state index in [0.717, 1.165) is 5.69 Å². The average molecular weight is 272 g/mol. The van der Waals surface area contributed by atoms with E-state index in [-0.39, 0.29) is 0 Å². The van der Waals surface area contributed by atoms with E-state index in [9.17, 15) is 0 Å². The molecule has 0 aromatic carbocycles. The van der Waals surface area contributed by atoms with E-state index in [4.69, 9.17) is 0 Å². The van der Waals surface area contributed by atoms with Crippen LogP contribution in [0, 0.1) is 0 Å². The van der Waals surface area contributed by atoms with Crippen molar-refractivity contribution in [3.8, 4) is 0 Å². The molecule has 2 rings (SSSR count). The van der Waals surface area contributed by atoms with Gasteiger partial charge in [0.15, 0.2) is 0 Å². The molecule has 0 amide bonds. The summed E-state index contributed by atoms with van der Waals surface area (Å²) in [5.41, 5.74) is 1.04. The number of hydrogen-bond acceptors (Lipinski definition) is 2. The van der Waals surface area contributed by atoms with Crippen LogP contribution in [0.4, 0.5) is 0 Å². The third-order valence-corrected chi connectivity index (χ3v) is 3.60. The van der Waals surface area contributed by atoms with Crippen molar-refractivity contribution in [2.24, 2.45) is 0 Å². The standard InChI is InChI=1S/C11H18BrN3/c1-9(12)11-8-15(14-13-11)10-6-4-2-3-5-7-10/h8-10H,2-7H2,1H3. The number of alkyl halides is 1. The molecule has 1 fully saturated rings. The molecular formula is C11H18BrN3. The van der Waals surface area contributed by atoms with Gasteiger partial charge in [0, 0.05) is 6.20 Å². The van der Waals surface area contributed by atoms with Gasteiger partial charge in [-0.3, -0.25) is 0 Å². The minimum Gasteiger partial charge on any atom is -0.249 e. The molecule has 1 heterocycles. The summed E-state index contributed by atoms with van der Waals surface area (Å²) in [6, 6.07) is 0.583. The maximum absolute atomic E-state index is 4.24. The predicted octanol–water partition coefficient (Wildman–Crippen LogP) is 3.63. The van der Waals surface area contributed by atoms with Crippen LogP contribution in [-0.2, 0) is 0 Å². The van der Waals surface area contributed by atoms with Crippen LogP contribution in [0.2, 0.25) is 0 Å². The lowest BCUT2D eigenvalue weighted by Crippen LogP contribution is -2.08. The molecule has 84 valence electrons. The van der Waals surface area contributed by atoms with E-state index < -0.39 is 0 Å². The second-order valence-corrected chi connectivity index (χ2v) is 5.76. The fourth-order valence-corrected chi connectivity index (χ4v) is 2.38. The Bertz CT molecular complexity index is 301. The van der Waals surface area contributed by atoms with Gasteiger partial charge in [-0.2, -0.15) is 0 Å². The van der Waals surface area contributed by atoms with Crippen molar-refractivity contribution in [1.82, 2.24) is 15.0 Å². The first kappa shape index (κ1) is 11.1. The second-order valence-electron chi connectivity index (χ2n) is 4.38. The van der Waals surface area contributed by atoms with Crippen LogP contribution < -0.4 is 0 Å². The molecule has 1 saturated carbocycles. The molecule has 0 spiro atoms. The summed E-state index contributed by atoms with van der Waals surface area (Å²) >= 11 is 3.52. The van der Waals surface area contributed by atoms with Crippen molar-refractivity contribution >= 4 is 15.9 Å². The summed E-state index contributed by atoms with van der Waals surface area (Å²) in [6.07, 6.45) is 10.1. The molecule has 0 radical (unpaired) electrons. The van der Waals surface area contributed by atoms with E-state index in [1.165, 1.54) is 38.5 Å². The largest absolute Gasteiger partial charge is 0.249 e. The zero-order valence-corrected chi connectivity index (χ0v) is 10.8. The Morgan fingerprint density at radius 2 is 2.00 bits per heavy atom. The van der Waals surface area contributed by atoms with Crippen LogP contribution in [0.15, 0.2) is 6.20 Å². The van der Waals surface area contributed by atoms with Gasteiger partial charge in [0.1, 0.15) is 0 Å². The molecule has 15 heavy (non-hydrogen) atoms. The highest BCUT2D eigenvalue weighted by Gasteiger charge is 2.16. The number of hydrogen-bond donors (Lipinski definition) is 0. The van der Waals surface area contributed by atoms with Gasteiger partial charge in [0.25, 0.3) is 0 Å². The first-order valence-electron chi connectivity index (χ1n) is 5.83. The molecule has 1 aromatic heterocycles. The van der Waals surface area contributed by atoms with Gasteiger partial charge in [0.2, 0.25) is 0 Å². The summed E-state index contributed by atoms with van der Waals surface area (Å²) in [7, 11) is 0. The molecule has 1 atom stereocenters. The average Bonchev–Trinajstić information content (AvgIpc) is 2.55. The number of aromatic nitrogens is 3. The summed E-state index contributed by atoms with van der Waals surface area (Å²) in [4.78, 5) is 0.303. The van der Waals surface area contributed by atoms with Gasteiger partial charge in [-0.1, -0.05) is 46.8 Å². The quantitative estimate of drug-likeness (QED) is 0.608. The van der Waals surface area contributed by atoms with Crippen molar-refractivity contribution < 1.29 is 0 Å². The van der Waals surface area contributed by atoms with Gasteiger partial charge in [-0.05, 0) is 19.8 Å². The van der Waals surface area contributed by atoms with E-state index >= 15 is 0 Å². The van der Waals surface area contributed by atoms with Crippen LogP contribution in [-0.4, -0.2) is 15.0 Å². The Hall–Kier alpha value is -0.380. The van der Waals surface area contributed by atoms with Gasteiger partial charge in [-0.25, -0.2) is 4.68 Å². The zero-order valence-electron chi connectivity index (χ0n) is 9.19. The molecule has 1 aliphatic carbocycles. The highest BCUT2D eigenvalue weighted by molar-refractivity contribution is 9.09. The molecule has 1 unspecified atom stereocenters. The van der Waals surface area contributed by atoms with Gasteiger partial charge < -0.3 is 0 Å². The molecule has 0 saturated heterocycles. The van der Waals surface area contributed by atoms with E-state index in [0.29, 0.717) is 10.9 Å². The van der Waals surface area contributed by atoms with E-state index in [2.05, 4.69) is 44.0 Å². The van der Waals surface area contributed by atoms with Crippen molar-refractivity contribution in [3.05, 3.63) is 11.9 Å². The fraction of sp³-hybridized carbons (Fsp3) is 0.818. The van der Waals surface area contributed by atoms with E-state index in [1.54, 1.807) is 0 Å². The lowest BCUT2D eigenvalue weighted by atomic mass is 10.1. The van der Waals surface area contributed by atoms with Crippen LogP contribution in [0.3, 0.4) is 0 Å². The maximum Gasteiger partial charge on any atom is 0.0960 e. The topological polar surface area (TPSA) is 30.7 Å². The zero-order chi connectivity index (χ0) is 10.7. The third-order valence-electron chi connectivity index (χ3n) is 3.13. The Kier molecular flexibility index (Phi) is 3.78.